The van der Waals surface area contributed by atoms with Crippen LogP contribution in [0, 0.1) is 5.92 Å². The largest absolute Gasteiger partial charge is 0.348 e. The van der Waals surface area contributed by atoms with Crippen molar-refractivity contribution in [1.82, 2.24) is 10.2 Å². The van der Waals surface area contributed by atoms with E-state index in [1.807, 2.05) is 6.07 Å². The van der Waals surface area contributed by atoms with Crippen LogP contribution in [0.4, 0.5) is 0 Å². The quantitative estimate of drug-likeness (QED) is 0.893. The maximum absolute atomic E-state index is 12.8. The molecule has 3 heteroatoms. The predicted octanol–water partition coefficient (Wildman–Crippen LogP) is 3.91. The molecule has 1 N–H and O–H groups in total. The normalized spacial score (nSPS) is 22.7. The first kappa shape index (κ1) is 16.5. The number of likely N-dealkylation sites (tertiary alicyclic amines) is 1. The SMILES string of the molecule is CC(C(=O)NC(c1ccccc1)C1CCCC1)N1CCCCC1. The number of nitrogens with one attached hydrogen (secondary N) is 1. The molecule has 1 amide bonds. The minimum Gasteiger partial charge on any atom is -0.348 e. The summed E-state index contributed by atoms with van der Waals surface area (Å²) in [5.41, 5.74) is 1.26. The van der Waals surface area contributed by atoms with Crippen molar-refractivity contribution < 1.29 is 4.79 Å². The zero-order valence-electron chi connectivity index (χ0n) is 14.3. The molecule has 2 atom stereocenters. The van der Waals surface area contributed by atoms with Crippen molar-refractivity contribution in [3.63, 3.8) is 0 Å². The number of hydrogen-bond donors (Lipinski definition) is 1. The molecule has 0 spiro atoms. The van der Waals surface area contributed by atoms with Gasteiger partial charge in [-0.25, -0.2) is 0 Å². The Morgan fingerprint density at radius 2 is 1.70 bits per heavy atom. The van der Waals surface area contributed by atoms with Gasteiger partial charge in [-0.1, -0.05) is 49.6 Å². The van der Waals surface area contributed by atoms with Gasteiger partial charge in [0.15, 0.2) is 0 Å². The van der Waals surface area contributed by atoms with Crippen LogP contribution in [0.5, 0.6) is 0 Å². The molecule has 3 nitrogen and oxygen atoms in total. The lowest BCUT2D eigenvalue weighted by Gasteiger charge is -2.33. The number of carbonyl (C=O) groups excluding carboxylic acids is 1. The Balaban J connectivity index is 1.68. The molecule has 2 unspecified atom stereocenters. The van der Waals surface area contributed by atoms with Crippen LogP contribution in [-0.2, 0) is 4.79 Å². The number of amides is 1. The molecule has 1 saturated heterocycles. The molecule has 2 fully saturated rings. The van der Waals surface area contributed by atoms with Crippen molar-refractivity contribution in [3.05, 3.63) is 35.9 Å². The Bertz CT molecular complexity index is 490. The number of piperidine rings is 1. The van der Waals surface area contributed by atoms with Crippen LogP contribution in [0.15, 0.2) is 30.3 Å². The minimum atomic E-state index is -0.0112. The molecule has 126 valence electrons. The Morgan fingerprint density at radius 3 is 2.35 bits per heavy atom. The van der Waals surface area contributed by atoms with Crippen molar-refractivity contribution in [3.8, 4) is 0 Å². The lowest BCUT2D eigenvalue weighted by atomic mass is 9.91. The van der Waals surface area contributed by atoms with Crippen molar-refractivity contribution in [2.45, 2.75) is 64.0 Å². The molecule has 0 aromatic heterocycles. The first-order valence-electron chi connectivity index (χ1n) is 9.35. The molecule has 1 saturated carbocycles. The molecule has 1 aromatic rings. The maximum atomic E-state index is 12.8. The zero-order chi connectivity index (χ0) is 16.1. The van der Waals surface area contributed by atoms with E-state index in [0.29, 0.717) is 5.92 Å². The summed E-state index contributed by atoms with van der Waals surface area (Å²) < 4.78 is 0. The van der Waals surface area contributed by atoms with Gasteiger partial charge < -0.3 is 5.32 Å². The summed E-state index contributed by atoms with van der Waals surface area (Å²) in [6, 6.07) is 10.7. The summed E-state index contributed by atoms with van der Waals surface area (Å²) >= 11 is 0. The molecule has 1 heterocycles. The van der Waals surface area contributed by atoms with Gasteiger partial charge in [0.2, 0.25) is 5.91 Å². The Hall–Kier alpha value is -1.35. The highest BCUT2D eigenvalue weighted by molar-refractivity contribution is 5.81. The van der Waals surface area contributed by atoms with E-state index in [1.165, 1.54) is 50.5 Å². The summed E-state index contributed by atoms with van der Waals surface area (Å²) in [4.78, 5) is 15.2. The fourth-order valence-corrected chi connectivity index (χ4v) is 4.17. The van der Waals surface area contributed by atoms with Gasteiger partial charge in [0, 0.05) is 0 Å². The van der Waals surface area contributed by atoms with Crippen LogP contribution in [0.2, 0.25) is 0 Å². The van der Waals surface area contributed by atoms with Gasteiger partial charge >= 0.3 is 0 Å². The number of rotatable bonds is 5. The number of benzene rings is 1. The highest BCUT2D eigenvalue weighted by Crippen LogP contribution is 2.35. The van der Waals surface area contributed by atoms with Crippen LogP contribution in [0.1, 0.15) is 63.5 Å². The first-order valence-corrected chi connectivity index (χ1v) is 9.35. The van der Waals surface area contributed by atoms with E-state index in [2.05, 4.69) is 41.4 Å². The third-order valence-corrected chi connectivity index (χ3v) is 5.65. The smallest absolute Gasteiger partial charge is 0.237 e. The standard InChI is InChI=1S/C20H30N2O/c1-16(22-14-8-3-9-15-22)20(23)21-19(18-12-6-7-13-18)17-10-4-2-5-11-17/h2,4-5,10-11,16,18-19H,3,6-9,12-15H2,1H3,(H,21,23). The molecule has 2 aliphatic rings. The van der Waals surface area contributed by atoms with Crippen molar-refractivity contribution in [2.24, 2.45) is 5.92 Å². The summed E-state index contributed by atoms with van der Waals surface area (Å²) in [6.45, 7) is 4.19. The van der Waals surface area contributed by atoms with Crippen LogP contribution in [-0.4, -0.2) is 29.9 Å². The van der Waals surface area contributed by atoms with E-state index >= 15 is 0 Å². The van der Waals surface area contributed by atoms with E-state index in [1.54, 1.807) is 0 Å². The number of hydrogen-bond acceptors (Lipinski definition) is 2. The van der Waals surface area contributed by atoms with Gasteiger partial charge in [-0.05, 0) is 57.2 Å². The third kappa shape index (κ3) is 4.14. The second-order valence-electron chi connectivity index (χ2n) is 7.21. The zero-order valence-corrected chi connectivity index (χ0v) is 14.3. The van der Waals surface area contributed by atoms with Crippen LogP contribution < -0.4 is 5.32 Å². The molecule has 1 aromatic carbocycles. The molecule has 1 aliphatic heterocycles. The molecule has 3 rings (SSSR count). The second kappa shape index (κ2) is 7.96. The average molecular weight is 314 g/mol. The van der Waals surface area contributed by atoms with Gasteiger partial charge in [0.25, 0.3) is 0 Å². The van der Waals surface area contributed by atoms with Crippen molar-refractivity contribution in [1.29, 1.82) is 0 Å². The fourth-order valence-electron chi connectivity index (χ4n) is 4.17. The monoisotopic (exact) mass is 314 g/mol. The third-order valence-electron chi connectivity index (χ3n) is 5.65. The van der Waals surface area contributed by atoms with Crippen LogP contribution in [0.25, 0.3) is 0 Å². The lowest BCUT2D eigenvalue weighted by Crippen LogP contribution is -2.48. The lowest BCUT2D eigenvalue weighted by molar-refractivity contribution is -0.127. The summed E-state index contributed by atoms with van der Waals surface area (Å²) in [5.74, 6) is 0.794. The van der Waals surface area contributed by atoms with E-state index in [0.717, 1.165) is 13.1 Å². The van der Waals surface area contributed by atoms with Gasteiger partial charge in [-0.2, -0.15) is 0 Å². The number of carbonyl (C=O) groups is 1. The van der Waals surface area contributed by atoms with Gasteiger partial charge in [0.1, 0.15) is 0 Å². The average Bonchev–Trinajstić information content (AvgIpc) is 3.14. The Morgan fingerprint density at radius 1 is 1.04 bits per heavy atom. The highest BCUT2D eigenvalue weighted by atomic mass is 16.2. The van der Waals surface area contributed by atoms with E-state index in [9.17, 15) is 4.79 Å². The topological polar surface area (TPSA) is 32.3 Å². The predicted molar refractivity (Wildman–Crippen MR) is 94.2 cm³/mol. The second-order valence-corrected chi connectivity index (χ2v) is 7.21. The Kier molecular flexibility index (Phi) is 5.71. The van der Waals surface area contributed by atoms with Crippen molar-refractivity contribution in [2.75, 3.05) is 13.1 Å². The van der Waals surface area contributed by atoms with Crippen molar-refractivity contribution >= 4 is 5.91 Å². The molecule has 23 heavy (non-hydrogen) atoms. The Labute approximate surface area is 140 Å². The van der Waals surface area contributed by atoms with E-state index < -0.39 is 0 Å². The number of nitrogens with zero attached hydrogens (tertiary/aromatic N) is 1. The van der Waals surface area contributed by atoms with E-state index in [-0.39, 0.29) is 18.0 Å². The molecular formula is C20H30N2O. The molecule has 1 aliphatic carbocycles. The fraction of sp³-hybridized carbons (Fsp3) is 0.650. The maximum Gasteiger partial charge on any atom is 0.237 e. The summed E-state index contributed by atoms with van der Waals surface area (Å²) in [5, 5.41) is 3.39. The highest BCUT2D eigenvalue weighted by Gasteiger charge is 2.30. The van der Waals surface area contributed by atoms with Gasteiger partial charge in [-0.15, -0.1) is 0 Å². The van der Waals surface area contributed by atoms with Gasteiger partial charge in [0.05, 0.1) is 12.1 Å². The summed E-state index contributed by atoms with van der Waals surface area (Å²) in [7, 11) is 0. The van der Waals surface area contributed by atoms with Crippen LogP contribution in [0.3, 0.4) is 0 Å². The molecule has 0 bridgehead atoms. The van der Waals surface area contributed by atoms with Gasteiger partial charge in [-0.3, -0.25) is 9.69 Å². The molecule has 0 radical (unpaired) electrons. The molecular weight excluding hydrogens is 284 g/mol. The summed E-state index contributed by atoms with van der Waals surface area (Å²) in [6.07, 6.45) is 8.82. The van der Waals surface area contributed by atoms with Crippen LogP contribution >= 0.6 is 0 Å². The first-order chi connectivity index (χ1) is 11.3. The minimum absolute atomic E-state index is 0.0112. The van der Waals surface area contributed by atoms with E-state index in [4.69, 9.17) is 0 Å².